The Morgan fingerprint density at radius 2 is 2.11 bits per heavy atom. The van der Waals surface area contributed by atoms with Gasteiger partial charge in [-0.25, -0.2) is 0 Å². The Balaban J connectivity index is 2.21. The van der Waals surface area contributed by atoms with Crippen LogP contribution in [0.1, 0.15) is 44.6 Å². The van der Waals surface area contributed by atoms with E-state index in [1.807, 2.05) is 13.0 Å². The van der Waals surface area contributed by atoms with Crippen LogP contribution in [0.25, 0.3) is 0 Å². The van der Waals surface area contributed by atoms with E-state index in [9.17, 15) is 10.1 Å². The summed E-state index contributed by atoms with van der Waals surface area (Å²) in [6.07, 6.45) is 5.98. The predicted octanol–water partition coefficient (Wildman–Crippen LogP) is 4.28. The molecule has 0 aromatic heterocycles. The molecule has 4 nitrogen and oxygen atoms in total. The van der Waals surface area contributed by atoms with Gasteiger partial charge in [0.25, 0.3) is 5.69 Å². The lowest BCUT2D eigenvalue weighted by Crippen LogP contribution is -2.32. The van der Waals surface area contributed by atoms with Crippen LogP contribution in [-0.4, -0.2) is 11.0 Å². The first-order chi connectivity index (χ1) is 9.11. The minimum atomic E-state index is -0.300. The van der Waals surface area contributed by atoms with Crippen molar-refractivity contribution in [2.75, 3.05) is 5.32 Å². The van der Waals surface area contributed by atoms with Gasteiger partial charge < -0.3 is 5.32 Å². The SMILES string of the molecule is CCC1CCCCC1Nc1cc(C)ccc1[N+](=O)[O-]. The van der Waals surface area contributed by atoms with Crippen molar-refractivity contribution in [1.29, 1.82) is 0 Å². The van der Waals surface area contributed by atoms with Crippen LogP contribution < -0.4 is 5.32 Å². The molecule has 0 amide bonds. The maximum Gasteiger partial charge on any atom is 0.292 e. The highest BCUT2D eigenvalue weighted by Gasteiger charge is 2.25. The van der Waals surface area contributed by atoms with Gasteiger partial charge in [-0.3, -0.25) is 10.1 Å². The summed E-state index contributed by atoms with van der Waals surface area (Å²) in [5.74, 6) is 0.633. The van der Waals surface area contributed by atoms with E-state index in [0.29, 0.717) is 17.6 Å². The number of hydrogen-bond acceptors (Lipinski definition) is 3. The van der Waals surface area contributed by atoms with Gasteiger partial charge in [0.15, 0.2) is 0 Å². The van der Waals surface area contributed by atoms with Gasteiger partial charge in [0.2, 0.25) is 0 Å². The van der Waals surface area contributed by atoms with Gasteiger partial charge in [-0.15, -0.1) is 0 Å². The molecule has 0 radical (unpaired) electrons. The topological polar surface area (TPSA) is 55.2 Å². The van der Waals surface area contributed by atoms with Crippen molar-refractivity contribution >= 4 is 11.4 Å². The highest BCUT2D eigenvalue weighted by Crippen LogP contribution is 2.32. The first-order valence-corrected chi connectivity index (χ1v) is 7.13. The zero-order valence-corrected chi connectivity index (χ0v) is 11.7. The third kappa shape index (κ3) is 3.25. The molecule has 1 aromatic carbocycles. The Bertz CT molecular complexity index is 459. The Hall–Kier alpha value is -1.58. The van der Waals surface area contributed by atoms with Crippen molar-refractivity contribution in [2.24, 2.45) is 5.92 Å². The molecule has 0 spiro atoms. The van der Waals surface area contributed by atoms with Crippen molar-refractivity contribution in [3.8, 4) is 0 Å². The molecule has 1 aromatic rings. The smallest absolute Gasteiger partial charge is 0.292 e. The summed E-state index contributed by atoms with van der Waals surface area (Å²) in [4.78, 5) is 10.8. The third-order valence-corrected chi connectivity index (χ3v) is 4.12. The molecule has 0 saturated heterocycles. The quantitative estimate of drug-likeness (QED) is 0.650. The molecule has 2 unspecified atom stereocenters. The van der Waals surface area contributed by atoms with Gasteiger partial charge in [0.05, 0.1) is 4.92 Å². The van der Waals surface area contributed by atoms with Crippen LogP contribution in [0, 0.1) is 23.0 Å². The van der Waals surface area contributed by atoms with E-state index in [2.05, 4.69) is 12.2 Å². The molecule has 2 rings (SSSR count). The summed E-state index contributed by atoms with van der Waals surface area (Å²) in [5, 5.41) is 14.5. The van der Waals surface area contributed by atoms with E-state index in [-0.39, 0.29) is 10.6 Å². The van der Waals surface area contributed by atoms with Crippen molar-refractivity contribution in [3.05, 3.63) is 33.9 Å². The van der Waals surface area contributed by atoms with Gasteiger partial charge in [0, 0.05) is 12.1 Å². The monoisotopic (exact) mass is 262 g/mol. The lowest BCUT2D eigenvalue weighted by molar-refractivity contribution is -0.384. The number of nitrogens with zero attached hydrogens (tertiary/aromatic N) is 1. The molecule has 0 bridgehead atoms. The first kappa shape index (κ1) is 13.8. The summed E-state index contributed by atoms with van der Waals surface area (Å²) >= 11 is 0. The highest BCUT2D eigenvalue weighted by molar-refractivity contribution is 5.63. The van der Waals surface area contributed by atoms with Gasteiger partial charge in [-0.05, 0) is 37.3 Å². The van der Waals surface area contributed by atoms with Gasteiger partial charge >= 0.3 is 0 Å². The highest BCUT2D eigenvalue weighted by atomic mass is 16.6. The van der Waals surface area contributed by atoms with Crippen LogP contribution in [0.3, 0.4) is 0 Å². The molecule has 104 valence electrons. The summed E-state index contributed by atoms with van der Waals surface area (Å²) < 4.78 is 0. The number of rotatable bonds is 4. The van der Waals surface area contributed by atoms with E-state index in [1.54, 1.807) is 12.1 Å². The molecule has 1 fully saturated rings. The molecule has 1 saturated carbocycles. The fourth-order valence-electron chi connectivity index (χ4n) is 3.01. The number of nitro groups is 1. The third-order valence-electron chi connectivity index (χ3n) is 4.12. The molecule has 0 heterocycles. The van der Waals surface area contributed by atoms with Crippen molar-refractivity contribution < 1.29 is 4.92 Å². The number of benzene rings is 1. The number of aryl methyl sites for hydroxylation is 1. The fourth-order valence-corrected chi connectivity index (χ4v) is 3.01. The van der Waals surface area contributed by atoms with Crippen LogP contribution >= 0.6 is 0 Å². The predicted molar refractivity (Wildman–Crippen MR) is 77.5 cm³/mol. The summed E-state index contributed by atoms with van der Waals surface area (Å²) in [7, 11) is 0. The maximum atomic E-state index is 11.1. The van der Waals surface area contributed by atoms with Crippen molar-refractivity contribution in [3.63, 3.8) is 0 Å². The molecule has 1 aliphatic rings. The van der Waals surface area contributed by atoms with Gasteiger partial charge in [0.1, 0.15) is 5.69 Å². The fraction of sp³-hybridized carbons (Fsp3) is 0.600. The molecular weight excluding hydrogens is 240 g/mol. The molecule has 2 atom stereocenters. The van der Waals surface area contributed by atoms with Gasteiger partial charge in [-0.1, -0.05) is 32.3 Å². The number of hydrogen-bond donors (Lipinski definition) is 1. The van der Waals surface area contributed by atoms with E-state index in [4.69, 9.17) is 0 Å². The zero-order valence-electron chi connectivity index (χ0n) is 11.7. The van der Waals surface area contributed by atoms with Gasteiger partial charge in [-0.2, -0.15) is 0 Å². The van der Waals surface area contributed by atoms with Crippen LogP contribution in [0.5, 0.6) is 0 Å². The Kier molecular flexibility index (Phi) is 4.40. The van der Waals surface area contributed by atoms with E-state index < -0.39 is 0 Å². The minimum absolute atomic E-state index is 0.186. The van der Waals surface area contributed by atoms with Crippen LogP contribution in [0.2, 0.25) is 0 Å². The first-order valence-electron chi connectivity index (χ1n) is 7.13. The maximum absolute atomic E-state index is 11.1. The average Bonchev–Trinajstić information content (AvgIpc) is 2.39. The van der Waals surface area contributed by atoms with Crippen LogP contribution in [0.4, 0.5) is 11.4 Å². The van der Waals surface area contributed by atoms with Crippen molar-refractivity contribution in [2.45, 2.75) is 52.0 Å². The Labute approximate surface area is 114 Å². The number of nitro benzene ring substituents is 1. The Morgan fingerprint density at radius 3 is 2.79 bits per heavy atom. The Morgan fingerprint density at radius 1 is 1.37 bits per heavy atom. The standard InChI is InChI=1S/C15H22N2O2/c1-3-12-6-4-5-7-13(12)16-14-10-11(2)8-9-15(14)17(18)19/h8-10,12-13,16H,3-7H2,1-2H3. The average molecular weight is 262 g/mol. The molecule has 0 aliphatic heterocycles. The second-order valence-corrected chi connectivity index (χ2v) is 5.48. The molecule has 4 heteroatoms. The summed E-state index contributed by atoms with van der Waals surface area (Å²) in [6, 6.07) is 5.65. The second-order valence-electron chi connectivity index (χ2n) is 5.48. The van der Waals surface area contributed by atoms with Crippen molar-refractivity contribution in [1.82, 2.24) is 0 Å². The molecule has 1 aliphatic carbocycles. The van der Waals surface area contributed by atoms with E-state index >= 15 is 0 Å². The minimum Gasteiger partial charge on any atom is -0.376 e. The van der Waals surface area contributed by atoms with E-state index in [0.717, 1.165) is 18.4 Å². The number of nitrogens with one attached hydrogen (secondary N) is 1. The normalized spacial score (nSPS) is 23.1. The molecular formula is C15H22N2O2. The number of anilines is 1. The zero-order chi connectivity index (χ0) is 13.8. The summed E-state index contributed by atoms with van der Waals surface area (Å²) in [6.45, 7) is 4.17. The molecule has 1 N–H and O–H groups in total. The van der Waals surface area contributed by atoms with Crippen LogP contribution in [-0.2, 0) is 0 Å². The summed E-state index contributed by atoms with van der Waals surface area (Å²) in [5.41, 5.74) is 1.92. The lowest BCUT2D eigenvalue weighted by atomic mass is 9.82. The largest absolute Gasteiger partial charge is 0.376 e. The van der Waals surface area contributed by atoms with E-state index in [1.165, 1.54) is 19.3 Å². The lowest BCUT2D eigenvalue weighted by Gasteiger charge is -2.32. The van der Waals surface area contributed by atoms with Crippen LogP contribution in [0.15, 0.2) is 18.2 Å². The molecule has 19 heavy (non-hydrogen) atoms. The second kappa shape index (κ2) is 6.04.